The summed E-state index contributed by atoms with van der Waals surface area (Å²) >= 11 is 0. The topological polar surface area (TPSA) is 55.4 Å². The van der Waals surface area contributed by atoms with E-state index < -0.39 is 0 Å². The lowest BCUT2D eigenvalue weighted by Gasteiger charge is -2.20. The number of nitrogens with two attached hydrogens (primary N) is 1. The first-order valence-corrected chi connectivity index (χ1v) is 8.33. The summed E-state index contributed by atoms with van der Waals surface area (Å²) in [6, 6.07) is 14.0. The zero-order valence-corrected chi connectivity index (χ0v) is 13.7. The number of hydrogen-bond donors (Lipinski definition) is 1. The van der Waals surface area contributed by atoms with Crippen molar-refractivity contribution in [3.05, 3.63) is 53.6 Å². The van der Waals surface area contributed by atoms with Crippen LogP contribution in [0.4, 0.5) is 5.69 Å². The van der Waals surface area contributed by atoms with E-state index in [2.05, 4.69) is 11.4 Å². The molecule has 0 fully saturated rings. The molecule has 0 spiro atoms. The molecule has 0 unspecified atom stereocenters. The average molecular weight is 325 g/mol. The molecule has 2 aliphatic heterocycles. The highest BCUT2D eigenvalue weighted by Crippen LogP contribution is 2.32. The standard InChI is InChI=1S/C19H20N2O3/c1-13(19(22)21-9-8-15-4-2-3-5-16(15)21)20-11-14-6-7-17-18(10-14)24-12-23-17/h2-7,10,13,20H,8-9,11-12H2,1H3/p+1/t13-/m0/s1. The Kier molecular flexibility index (Phi) is 3.86. The molecule has 24 heavy (non-hydrogen) atoms. The molecule has 0 aromatic heterocycles. The van der Waals surface area contributed by atoms with Crippen molar-refractivity contribution in [2.45, 2.75) is 25.9 Å². The molecule has 0 saturated carbocycles. The number of amides is 1. The number of fused-ring (bicyclic) bond motifs is 2. The Bertz CT molecular complexity index is 775. The largest absolute Gasteiger partial charge is 0.454 e. The van der Waals surface area contributed by atoms with E-state index in [4.69, 9.17) is 9.47 Å². The lowest BCUT2D eigenvalue weighted by atomic mass is 10.1. The van der Waals surface area contributed by atoms with Gasteiger partial charge in [0.2, 0.25) is 6.79 Å². The summed E-state index contributed by atoms with van der Waals surface area (Å²) in [7, 11) is 0. The number of anilines is 1. The molecule has 5 nitrogen and oxygen atoms in total. The van der Waals surface area contributed by atoms with Crippen molar-refractivity contribution in [1.29, 1.82) is 0 Å². The predicted molar refractivity (Wildman–Crippen MR) is 90.2 cm³/mol. The minimum Gasteiger partial charge on any atom is -0.454 e. The molecule has 124 valence electrons. The van der Waals surface area contributed by atoms with Crippen LogP contribution in [0, 0.1) is 0 Å². The Labute approximate surface area is 141 Å². The van der Waals surface area contributed by atoms with Gasteiger partial charge in [-0.1, -0.05) is 18.2 Å². The van der Waals surface area contributed by atoms with Gasteiger partial charge in [-0.05, 0) is 43.2 Å². The van der Waals surface area contributed by atoms with E-state index in [1.54, 1.807) is 0 Å². The molecule has 5 heteroatoms. The van der Waals surface area contributed by atoms with Crippen molar-refractivity contribution < 1.29 is 19.6 Å². The van der Waals surface area contributed by atoms with E-state index in [0.717, 1.165) is 42.3 Å². The molecular formula is C19H21N2O3+. The Hall–Kier alpha value is -2.53. The number of carbonyl (C=O) groups excluding carboxylic acids is 1. The van der Waals surface area contributed by atoms with E-state index in [1.807, 2.05) is 48.2 Å². The zero-order chi connectivity index (χ0) is 16.5. The minimum atomic E-state index is -0.124. The van der Waals surface area contributed by atoms with Gasteiger partial charge < -0.3 is 19.7 Å². The Morgan fingerprint density at radius 2 is 2.04 bits per heavy atom. The molecule has 2 N–H and O–H groups in total. The van der Waals surface area contributed by atoms with Gasteiger partial charge in [0, 0.05) is 17.8 Å². The number of para-hydroxylation sites is 1. The highest BCUT2D eigenvalue weighted by Gasteiger charge is 2.29. The number of rotatable bonds is 4. The van der Waals surface area contributed by atoms with Crippen molar-refractivity contribution in [1.82, 2.24) is 0 Å². The Morgan fingerprint density at radius 3 is 2.96 bits per heavy atom. The molecule has 1 amide bonds. The Balaban J connectivity index is 1.40. The third kappa shape index (κ3) is 2.71. The third-order valence-corrected chi connectivity index (χ3v) is 4.69. The van der Waals surface area contributed by atoms with Crippen LogP contribution < -0.4 is 19.7 Å². The average Bonchev–Trinajstić information content (AvgIpc) is 3.25. The fourth-order valence-corrected chi connectivity index (χ4v) is 3.29. The maximum absolute atomic E-state index is 12.8. The normalized spacial score (nSPS) is 16.1. The number of nitrogens with zero attached hydrogens (tertiary/aromatic N) is 1. The van der Waals surface area contributed by atoms with E-state index in [-0.39, 0.29) is 18.7 Å². The van der Waals surface area contributed by atoms with Crippen LogP contribution in [0.1, 0.15) is 18.1 Å². The van der Waals surface area contributed by atoms with Crippen LogP contribution in [0.3, 0.4) is 0 Å². The van der Waals surface area contributed by atoms with Gasteiger partial charge in [0.15, 0.2) is 17.5 Å². The van der Waals surface area contributed by atoms with Crippen LogP contribution in [0.5, 0.6) is 11.5 Å². The summed E-state index contributed by atoms with van der Waals surface area (Å²) in [6.45, 7) is 3.77. The first kappa shape index (κ1) is 15.0. The van der Waals surface area contributed by atoms with Gasteiger partial charge in [-0.3, -0.25) is 4.79 Å². The molecular weight excluding hydrogens is 304 g/mol. The highest BCUT2D eigenvalue weighted by molar-refractivity contribution is 5.97. The Morgan fingerprint density at radius 1 is 1.21 bits per heavy atom. The summed E-state index contributed by atoms with van der Waals surface area (Å²) in [4.78, 5) is 14.7. The van der Waals surface area contributed by atoms with Crippen LogP contribution in [0.25, 0.3) is 0 Å². The molecule has 0 radical (unpaired) electrons. The van der Waals surface area contributed by atoms with Gasteiger partial charge in [-0.2, -0.15) is 0 Å². The van der Waals surface area contributed by atoms with Crippen LogP contribution in [0.15, 0.2) is 42.5 Å². The summed E-state index contributed by atoms with van der Waals surface area (Å²) in [5, 5.41) is 2.07. The molecule has 1 atom stereocenters. The maximum atomic E-state index is 12.8. The van der Waals surface area contributed by atoms with Gasteiger partial charge in [0.05, 0.1) is 0 Å². The van der Waals surface area contributed by atoms with Gasteiger partial charge >= 0.3 is 0 Å². The van der Waals surface area contributed by atoms with Crippen LogP contribution in [0.2, 0.25) is 0 Å². The minimum absolute atomic E-state index is 0.124. The fourth-order valence-electron chi connectivity index (χ4n) is 3.29. The fraction of sp³-hybridized carbons (Fsp3) is 0.316. The second-order valence-corrected chi connectivity index (χ2v) is 6.28. The van der Waals surface area contributed by atoms with Crippen molar-refractivity contribution >= 4 is 11.6 Å². The van der Waals surface area contributed by atoms with Gasteiger partial charge in [-0.25, -0.2) is 0 Å². The molecule has 0 bridgehead atoms. The number of benzene rings is 2. The summed E-state index contributed by atoms with van der Waals surface area (Å²) in [5.74, 6) is 1.74. The van der Waals surface area contributed by atoms with Crippen molar-refractivity contribution in [2.75, 3.05) is 18.2 Å². The maximum Gasteiger partial charge on any atom is 0.284 e. The number of hydrogen-bond acceptors (Lipinski definition) is 3. The quantitative estimate of drug-likeness (QED) is 0.926. The van der Waals surface area contributed by atoms with Gasteiger partial charge in [0.1, 0.15) is 6.54 Å². The zero-order valence-electron chi connectivity index (χ0n) is 13.7. The molecule has 0 aliphatic carbocycles. The van der Waals surface area contributed by atoms with E-state index >= 15 is 0 Å². The lowest BCUT2D eigenvalue weighted by molar-refractivity contribution is -0.688. The summed E-state index contributed by atoms with van der Waals surface area (Å²) in [5.41, 5.74) is 3.44. The third-order valence-electron chi connectivity index (χ3n) is 4.69. The SMILES string of the molecule is C[C@H]([NH2+]Cc1ccc2c(c1)OCO2)C(=O)N1CCc2ccccc21. The monoisotopic (exact) mass is 325 g/mol. The number of quaternary nitrogens is 1. The molecule has 2 heterocycles. The molecule has 0 saturated heterocycles. The molecule has 2 aromatic carbocycles. The van der Waals surface area contributed by atoms with E-state index in [1.165, 1.54) is 5.56 Å². The van der Waals surface area contributed by atoms with E-state index in [0.29, 0.717) is 0 Å². The summed E-state index contributed by atoms with van der Waals surface area (Å²) < 4.78 is 10.7. The van der Waals surface area contributed by atoms with Crippen LogP contribution >= 0.6 is 0 Å². The smallest absolute Gasteiger partial charge is 0.284 e. The van der Waals surface area contributed by atoms with Crippen LogP contribution in [-0.4, -0.2) is 25.3 Å². The van der Waals surface area contributed by atoms with E-state index in [9.17, 15) is 4.79 Å². The van der Waals surface area contributed by atoms with Gasteiger partial charge in [-0.15, -0.1) is 0 Å². The summed E-state index contributed by atoms with van der Waals surface area (Å²) in [6.07, 6.45) is 0.941. The van der Waals surface area contributed by atoms with Crippen LogP contribution in [-0.2, 0) is 17.8 Å². The predicted octanol–water partition coefficient (Wildman–Crippen LogP) is 1.46. The molecule has 4 rings (SSSR count). The second kappa shape index (κ2) is 6.17. The molecule has 2 aliphatic rings. The molecule has 2 aromatic rings. The van der Waals surface area contributed by atoms with Gasteiger partial charge in [0.25, 0.3) is 5.91 Å². The lowest BCUT2D eigenvalue weighted by Crippen LogP contribution is -2.90. The first-order chi connectivity index (χ1) is 11.7. The second-order valence-electron chi connectivity index (χ2n) is 6.28. The number of carbonyl (C=O) groups is 1. The van der Waals surface area contributed by atoms with Crippen molar-refractivity contribution in [3.63, 3.8) is 0 Å². The van der Waals surface area contributed by atoms with Crippen molar-refractivity contribution in [3.8, 4) is 11.5 Å². The number of ether oxygens (including phenoxy) is 2. The first-order valence-electron chi connectivity index (χ1n) is 8.33. The highest BCUT2D eigenvalue weighted by atomic mass is 16.7. The van der Waals surface area contributed by atoms with Crippen molar-refractivity contribution in [2.24, 2.45) is 0 Å².